The lowest BCUT2D eigenvalue weighted by molar-refractivity contribution is 0.0598. The Hall–Kier alpha value is -1.84. The van der Waals surface area contributed by atoms with Gasteiger partial charge in [-0.2, -0.15) is 0 Å². The van der Waals surface area contributed by atoms with Crippen LogP contribution in [-0.4, -0.2) is 22.0 Å². The van der Waals surface area contributed by atoms with E-state index in [1.807, 2.05) is 37.1 Å². The van der Waals surface area contributed by atoms with E-state index in [9.17, 15) is 4.79 Å². The van der Waals surface area contributed by atoms with Crippen LogP contribution in [0.4, 0.5) is 0 Å². The Morgan fingerprint density at radius 2 is 2.00 bits per heavy atom. The molecule has 122 valence electrons. The zero-order valence-electron chi connectivity index (χ0n) is 14.1. The van der Waals surface area contributed by atoms with Crippen molar-refractivity contribution in [3.8, 4) is 0 Å². The number of hydrogen-bond donors (Lipinski definition) is 1. The average Bonchev–Trinajstić information content (AvgIpc) is 2.93. The largest absolute Gasteiger partial charge is 0.351 e. The van der Waals surface area contributed by atoms with Gasteiger partial charge in [0.15, 0.2) is 0 Å². The van der Waals surface area contributed by atoms with E-state index in [0.29, 0.717) is 5.41 Å². The molecule has 0 atom stereocenters. The standard InChI is InChI=1S/C19H25N3O/c1-13-9-20-10-16-17(13)15(11-22(16)2)18(23)21-12-19-6-3-14(4-7-19)5-8-19/h9-11,14H,3-8,12H2,1-2H3,(H,21,23). The second kappa shape index (κ2) is 5.36. The highest BCUT2D eigenvalue weighted by atomic mass is 16.1. The van der Waals surface area contributed by atoms with Gasteiger partial charge < -0.3 is 9.88 Å². The zero-order valence-corrected chi connectivity index (χ0v) is 14.1. The predicted octanol–water partition coefficient (Wildman–Crippen LogP) is 3.58. The summed E-state index contributed by atoms with van der Waals surface area (Å²) in [6.07, 6.45) is 13.5. The first-order valence-electron chi connectivity index (χ1n) is 8.76. The van der Waals surface area contributed by atoms with Crippen molar-refractivity contribution in [2.75, 3.05) is 6.54 Å². The zero-order chi connectivity index (χ0) is 16.0. The third-order valence-electron chi connectivity index (χ3n) is 6.20. The number of rotatable bonds is 3. The van der Waals surface area contributed by atoms with Gasteiger partial charge in [-0.3, -0.25) is 9.78 Å². The molecule has 3 aliphatic rings. The summed E-state index contributed by atoms with van der Waals surface area (Å²) in [5.74, 6) is 1.02. The smallest absolute Gasteiger partial charge is 0.253 e. The first-order valence-corrected chi connectivity index (χ1v) is 8.76. The van der Waals surface area contributed by atoms with Crippen molar-refractivity contribution in [2.45, 2.75) is 45.4 Å². The molecule has 2 heterocycles. The lowest BCUT2D eigenvalue weighted by Gasteiger charge is -2.46. The summed E-state index contributed by atoms with van der Waals surface area (Å²) in [6, 6.07) is 0. The minimum Gasteiger partial charge on any atom is -0.351 e. The van der Waals surface area contributed by atoms with E-state index in [-0.39, 0.29) is 5.91 Å². The summed E-state index contributed by atoms with van der Waals surface area (Å²) in [5, 5.41) is 4.28. The van der Waals surface area contributed by atoms with E-state index >= 15 is 0 Å². The van der Waals surface area contributed by atoms with Crippen LogP contribution in [0.1, 0.15) is 54.4 Å². The molecular weight excluding hydrogens is 286 g/mol. The number of aryl methyl sites for hydroxylation is 2. The summed E-state index contributed by atoms with van der Waals surface area (Å²) in [7, 11) is 1.97. The Labute approximate surface area is 137 Å². The normalized spacial score (nSPS) is 26.6. The molecule has 1 N–H and O–H groups in total. The van der Waals surface area contributed by atoms with E-state index in [1.165, 1.54) is 38.5 Å². The van der Waals surface area contributed by atoms with Gasteiger partial charge in [0.2, 0.25) is 0 Å². The number of fused-ring (bicyclic) bond motifs is 4. The molecule has 2 aromatic rings. The minimum absolute atomic E-state index is 0.0620. The van der Waals surface area contributed by atoms with Crippen LogP contribution in [0.15, 0.2) is 18.6 Å². The number of aromatic nitrogens is 2. The molecule has 0 aliphatic heterocycles. The Morgan fingerprint density at radius 3 is 2.70 bits per heavy atom. The molecule has 5 rings (SSSR count). The van der Waals surface area contributed by atoms with Crippen molar-refractivity contribution in [1.29, 1.82) is 0 Å². The number of hydrogen-bond acceptors (Lipinski definition) is 2. The van der Waals surface area contributed by atoms with Crippen LogP contribution in [0.3, 0.4) is 0 Å². The van der Waals surface area contributed by atoms with Gasteiger partial charge in [-0.1, -0.05) is 0 Å². The fourth-order valence-corrected chi connectivity index (χ4v) is 4.64. The second-order valence-corrected chi connectivity index (χ2v) is 7.67. The Balaban J connectivity index is 1.56. The molecule has 0 radical (unpaired) electrons. The highest BCUT2D eigenvalue weighted by Crippen LogP contribution is 2.49. The van der Waals surface area contributed by atoms with E-state index in [0.717, 1.165) is 34.5 Å². The summed E-state index contributed by atoms with van der Waals surface area (Å²) in [6.45, 7) is 2.85. The highest BCUT2D eigenvalue weighted by molar-refractivity contribution is 6.07. The topological polar surface area (TPSA) is 46.9 Å². The molecule has 1 amide bonds. The number of carbonyl (C=O) groups excluding carboxylic acids is 1. The van der Waals surface area contributed by atoms with E-state index < -0.39 is 0 Å². The molecule has 23 heavy (non-hydrogen) atoms. The van der Waals surface area contributed by atoms with E-state index in [4.69, 9.17) is 0 Å². The van der Waals surface area contributed by atoms with Crippen LogP contribution in [0, 0.1) is 18.3 Å². The highest BCUT2D eigenvalue weighted by Gasteiger charge is 2.40. The fourth-order valence-electron chi connectivity index (χ4n) is 4.64. The second-order valence-electron chi connectivity index (χ2n) is 7.67. The molecule has 3 fully saturated rings. The quantitative estimate of drug-likeness (QED) is 0.941. The Morgan fingerprint density at radius 1 is 1.30 bits per heavy atom. The van der Waals surface area contributed by atoms with E-state index in [2.05, 4.69) is 10.3 Å². The molecular formula is C19H25N3O. The molecule has 4 heteroatoms. The van der Waals surface area contributed by atoms with Gasteiger partial charge in [0.1, 0.15) is 0 Å². The van der Waals surface area contributed by atoms with Crippen molar-refractivity contribution in [3.05, 3.63) is 29.7 Å². The average molecular weight is 311 g/mol. The van der Waals surface area contributed by atoms with Gasteiger partial charge in [0, 0.05) is 31.4 Å². The van der Waals surface area contributed by atoms with Crippen molar-refractivity contribution in [3.63, 3.8) is 0 Å². The number of nitrogens with zero attached hydrogens (tertiary/aromatic N) is 2. The third-order valence-corrected chi connectivity index (χ3v) is 6.20. The van der Waals surface area contributed by atoms with Gasteiger partial charge >= 0.3 is 0 Å². The van der Waals surface area contributed by atoms with Crippen LogP contribution in [-0.2, 0) is 7.05 Å². The number of pyridine rings is 1. The summed E-state index contributed by atoms with van der Waals surface area (Å²) >= 11 is 0. The number of amides is 1. The lowest BCUT2D eigenvalue weighted by Crippen LogP contribution is -2.43. The SMILES string of the molecule is Cc1cncc2c1c(C(=O)NCC13CCC(CC1)CC3)cn2C. The van der Waals surface area contributed by atoms with Crippen molar-refractivity contribution >= 4 is 16.8 Å². The summed E-state index contributed by atoms with van der Waals surface area (Å²) < 4.78 is 1.99. The fraction of sp³-hybridized carbons (Fsp3) is 0.579. The van der Waals surface area contributed by atoms with Crippen molar-refractivity contribution in [1.82, 2.24) is 14.9 Å². The Kier molecular flexibility index (Phi) is 3.43. The van der Waals surface area contributed by atoms with Crippen molar-refractivity contribution < 1.29 is 4.79 Å². The Bertz CT molecular complexity index is 740. The molecule has 0 spiro atoms. The molecule has 3 saturated carbocycles. The molecule has 0 saturated heterocycles. The molecule has 2 bridgehead atoms. The maximum atomic E-state index is 12.8. The van der Waals surface area contributed by atoms with Gasteiger partial charge in [-0.15, -0.1) is 0 Å². The molecule has 2 aromatic heterocycles. The molecule has 0 unspecified atom stereocenters. The van der Waals surface area contributed by atoms with Crippen LogP contribution in [0.25, 0.3) is 10.9 Å². The monoisotopic (exact) mass is 311 g/mol. The third kappa shape index (κ3) is 2.44. The van der Waals surface area contributed by atoms with Crippen LogP contribution in [0.5, 0.6) is 0 Å². The summed E-state index contributed by atoms with van der Waals surface area (Å²) in [4.78, 5) is 17.0. The first-order chi connectivity index (χ1) is 11.1. The maximum absolute atomic E-state index is 12.8. The maximum Gasteiger partial charge on any atom is 0.253 e. The molecule has 3 aliphatic carbocycles. The van der Waals surface area contributed by atoms with Gasteiger partial charge in [-0.05, 0) is 62.3 Å². The first kappa shape index (κ1) is 14.7. The number of nitrogens with one attached hydrogen (secondary N) is 1. The van der Waals surface area contributed by atoms with Crippen molar-refractivity contribution in [2.24, 2.45) is 18.4 Å². The lowest BCUT2D eigenvalue weighted by atomic mass is 9.61. The van der Waals surface area contributed by atoms with Gasteiger partial charge in [-0.25, -0.2) is 0 Å². The van der Waals surface area contributed by atoms with Gasteiger partial charge in [0.05, 0.1) is 17.3 Å². The predicted molar refractivity (Wildman–Crippen MR) is 91.4 cm³/mol. The minimum atomic E-state index is 0.0620. The van der Waals surface area contributed by atoms with Crippen LogP contribution < -0.4 is 5.32 Å². The van der Waals surface area contributed by atoms with Crippen LogP contribution in [0.2, 0.25) is 0 Å². The van der Waals surface area contributed by atoms with Crippen LogP contribution >= 0.6 is 0 Å². The molecule has 0 aromatic carbocycles. The summed E-state index contributed by atoms with van der Waals surface area (Å²) in [5.41, 5.74) is 3.23. The van der Waals surface area contributed by atoms with Gasteiger partial charge in [0.25, 0.3) is 5.91 Å². The van der Waals surface area contributed by atoms with E-state index in [1.54, 1.807) is 0 Å². The molecule has 4 nitrogen and oxygen atoms in total. The number of carbonyl (C=O) groups is 1.